The Balaban J connectivity index is 1.49. The highest BCUT2D eigenvalue weighted by Gasteiger charge is 2.20. The van der Waals surface area contributed by atoms with Crippen LogP contribution in [0.3, 0.4) is 0 Å². The number of likely N-dealkylation sites (N-methyl/N-ethyl adjacent to an activating group) is 1. The number of benzene rings is 2. The molecule has 4 rings (SSSR count). The summed E-state index contributed by atoms with van der Waals surface area (Å²) in [6, 6.07) is 18.0. The van der Waals surface area contributed by atoms with Gasteiger partial charge in [-0.1, -0.05) is 30.3 Å². The number of nitrogens with zero attached hydrogens (tertiary/aromatic N) is 3. The first-order valence-corrected chi connectivity index (χ1v) is 11.6. The number of rotatable bonds is 10. The second-order valence-electron chi connectivity index (χ2n) is 8.24. The maximum absolute atomic E-state index is 12.9. The molecule has 2 aromatic carbocycles. The first-order chi connectivity index (χ1) is 17.0. The topological polar surface area (TPSA) is 121 Å². The zero-order valence-corrected chi connectivity index (χ0v) is 20.2. The molecular formula is C26H31N7O2. The van der Waals surface area contributed by atoms with E-state index < -0.39 is 0 Å². The smallest absolute Gasteiger partial charge is 0.273 e. The lowest BCUT2D eigenvalue weighted by Gasteiger charge is -2.32. The fourth-order valence-electron chi connectivity index (χ4n) is 4.02. The molecule has 0 fully saturated rings. The Bertz CT molecular complexity index is 1290. The number of carbonyl (C=O) groups excluding carboxylic acids is 1. The van der Waals surface area contributed by atoms with Crippen molar-refractivity contribution in [3.63, 3.8) is 0 Å². The Morgan fingerprint density at radius 2 is 1.97 bits per heavy atom. The van der Waals surface area contributed by atoms with Crippen LogP contribution in [0.5, 0.6) is 5.75 Å². The summed E-state index contributed by atoms with van der Waals surface area (Å²) in [6.45, 7) is 5.98. The van der Waals surface area contributed by atoms with Crippen LogP contribution in [0.4, 0.5) is 17.2 Å². The first kappa shape index (κ1) is 23.9. The van der Waals surface area contributed by atoms with E-state index in [1.54, 1.807) is 19.4 Å². The third-order valence-corrected chi connectivity index (χ3v) is 5.90. The van der Waals surface area contributed by atoms with E-state index in [1.165, 1.54) is 5.56 Å². The Morgan fingerprint density at radius 1 is 1.17 bits per heavy atom. The Hall–Kier alpha value is -4.27. The van der Waals surface area contributed by atoms with Crippen LogP contribution in [0.25, 0.3) is 11.2 Å². The maximum Gasteiger partial charge on any atom is 0.273 e. The molecule has 0 radical (unpaired) electrons. The summed E-state index contributed by atoms with van der Waals surface area (Å²) in [5.74, 6) is 0.509. The van der Waals surface area contributed by atoms with E-state index in [2.05, 4.69) is 56.5 Å². The number of fused-ring (bicyclic) bond motifs is 1. The molecule has 0 aliphatic rings. The van der Waals surface area contributed by atoms with Gasteiger partial charge in [-0.05, 0) is 37.6 Å². The summed E-state index contributed by atoms with van der Waals surface area (Å²) in [5.41, 5.74) is 10.4. The highest BCUT2D eigenvalue weighted by atomic mass is 16.5. The first-order valence-electron chi connectivity index (χ1n) is 11.6. The van der Waals surface area contributed by atoms with Gasteiger partial charge in [0, 0.05) is 37.9 Å². The van der Waals surface area contributed by atoms with E-state index >= 15 is 0 Å². The van der Waals surface area contributed by atoms with E-state index in [4.69, 9.17) is 10.5 Å². The number of methoxy groups -OCH3 is 1. The molecule has 182 valence electrons. The molecule has 0 bridgehead atoms. The molecule has 1 unspecified atom stereocenters. The molecule has 1 amide bonds. The second kappa shape index (κ2) is 10.8. The predicted octanol–water partition coefficient (Wildman–Crippen LogP) is 3.81. The molecule has 2 heterocycles. The number of amides is 1. The molecule has 4 aromatic rings. The Kier molecular flexibility index (Phi) is 7.35. The van der Waals surface area contributed by atoms with Crippen LogP contribution in [0, 0.1) is 0 Å². The highest BCUT2D eigenvalue weighted by Crippen LogP contribution is 2.32. The van der Waals surface area contributed by atoms with Gasteiger partial charge in [-0.25, -0.2) is 9.97 Å². The van der Waals surface area contributed by atoms with Gasteiger partial charge in [0.1, 0.15) is 11.3 Å². The molecule has 0 saturated carbocycles. The molecule has 2 aromatic heterocycles. The fraction of sp³-hybridized carbons (Fsp3) is 0.269. The molecule has 9 heteroatoms. The third kappa shape index (κ3) is 5.46. The van der Waals surface area contributed by atoms with Gasteiger partial charge in [-0.3, -0.25) is 4.79 Å². The summed E-state index contributed by atoms with van der Waals surface area (Å²) in [4.78, 5) is 26.6. The molecular weight excluding hydrogens is 442 g/mol. The van der Waals surface area contributed by atoms with Crippen molar-refractivity contribution >= 4 is 34.3 Å². The number of ether oxygens (including phenoxy) is 1. The number of carbonyl (C=O) groups is 1. The number of aromatic nitrogens is 3. The van der Waals surface area contributed by atoms with Crippen molar-refractivity contribution < 1.29 is 9.53 Å². The van der Waals surface area contributed by atoms with E-state index in [9.17, 15) is 4.79 Å². The van der Waals surface area contributed by atoms with Gasteiger partial charge in [0.2, 0.25) is 0 Å². The number of nitrogen functional groups attached to an aromatic ring is 1. The predicted molar refractivity (Wildman–Crippen MR) is 140 cm³/mol. The summed E-state index contributed by atoms with van der Waals surface area (Å²) >= 11 is 0. The zero-order valence-electron chi connectivity index (χ0n) is 20.2. The minimum atomic E-state index is -0.353. The van der Waals surface area contributed by atoms with Crippen molar-refractivity contribution in [1.29, 1.82) is 0 Å². The molecule has 1 atom stereocenters. The summed E-state index contributed by atoms with van der Waals surface area (Å²) in [7, 11) is 1.66. The van der Waals surface area contributed by atoms with Gasteiger partial charge in [0.15, 0.2) is 17.2 Å². The second-order valence-corrected chi connectivity index (χ2v) is 8.24. The zero-order chi connectivity index (χ0) is 24.8. The molecule has 9 nitrogen and oxygen atoms in total. The quantitative estimate of drug-likeness (QED) is 0.276. The molecule has 5 N–H and O–H groups in total. The van der Waals surface area contributed by atoms with Crippen LogP contribution >= 0.6 is 0 Å². The number of nitrogens with one attached hydrogen (secondary N) is 3. The van der Waals surface area contributed by atoms with Crippen molar-refractivity contribution in [2.24, 2.45) is 0 Å². The summed E-state index contributed by atoms with van der Waals surface area (Å²) < 4.78 is 5.49. The normalized spacial score (nSPS) is 11.7. The lowest BCUT2D eigenvalue weighted by Crippen LogP contribution is -2.43. The average Bonchev–Trinajstić information content (AvgIpc) is 3.34. The lowest BCUT2D eigenvalue weighted by molar-refractivity contribution is 0.0947. The number of nitrogens with two attached hydrogens (primary N) is 1. The molecule has 0 aliphatic heterocycles. The SMILES string of the molecule is CCN(c1cc(OC)ccc1NCc1ccccc1)C(C)CNC(=O)c1nc2cc[nH]c2nc1N. The van der Waals surface area contributed by atoms with Crippen LogP contribution in [0.2, 0.25) is 0 Å². The monoisotopic (exact) mass is 473 g/mol. The van der Waals surface area contributed by atoms with Crippen molar-refractivity contribution in [3.8, 4) is 5.75 Å². The standard InChI is InChI=1S/C26H31N7O2/c1-4-33(17(2)15-30-26(34)23-24(27)32-25-21(31-23)12-13-28-25)22-14-19(35-3)10-11-20(22)29-16-18-8-6-5-7-9-18/h5-14,17,29H,4,15-16H2,1-3H3,(H,30,34)(H3,27,28,32). The van der Waals surface area contributed by atoms with E-state index in [0.29, 0.717) is 24.3 Å². The maximum atomic E-state index is 12.9. The van der Waals surface area contributed by atoms with Crippen LogP contribution in [-0.4, -0.2) is 47.1 Å². The number of H-pyrrole nitrogens is 1. The lowest BCUT2D eigenvalue weighted by atomic mass is 10.1. The highest BCUT2D eigenvalue weighted by molar-refractivity contribution is 5.98. The molecule has 0 spiro atoms. The number of hydrogen-bond donors (Lipinski definition) is 4. The van der Waals surface area contributed by atoms with Crippen LogP contribution < -0.4 is 26.0 Å². The number of aromatic amines is 1. The van der Waals surface area contributed by atoms with E-state index in [-0.39, 0.29) is 23.5 Å². The minimum Gasteiger partial charge on any atom is -0.497 e. The van der Waals surface area contributed by atoms with Crippen LogP contribution in [0.15, 0.2) is 60.8 Å². The van der Waals surface area contributed by atoms with Crippen LogP contribution in [-0.2, 0) is 6.54 Å². The van der Waals surface area contributed by atoms with Crippen molar-refractivity contribution in [2.45, 2.75) is 26.4 Å². The third-order valence-electron chi connectivity index (χ3n) is 5.90. The fourth-order valence-corrected chi connectivity index (χ4v) is 4.02. The molecule has 0 saturated heterocycles. The van der Waals surface area contributed by atoms with Gasteiger partial charge in [-0.2, -0.15) is 0 Å². The summed E-state index contributed by atoms with van der Waals surface area (Å²) in [6.07, 6.45) is 1.71. The van der Waals surface area contributed by atoms with Gasteiger partial charge < -0.3 is 31.0 Å². The van der Waals surface area contributed by atoms with Crippen molar-refractivity contribution in [3.05, 3.63) is 72.1 Å². The van der Waals surface area contributed by atoms with Crippen LogP contribution in [0.1, 0.15) is 29.9 Å². The van der Waals surface area contributed by atoms with E-state index in [1.807, 2.05) is 36.4 Å². The van der Waals surface area contributed by atoms with Crippen molar-refractivity contribution in [2.75, 3.05) is 36.1 Å². The number of hydrogen-bond acceptors (Lipinski definition) is 7. The average molecular weight is 474 g/mol. The van der Waals surface area contributed by atoms with Crippen molar-refractivity contribution in [1.82, 2.24) is 20.3 Å². The number of anilines is 3. The minimum absolute atomic E-state index is 0.0153. The van der Waals surface area contributed by atoms with Gasteiger partial charge in [0.25, 0.3) is 5.91 Å². The van der Waals surface area contributed by atoms with E-state index in [0.717, 1.165) is 23.7 Å². The Labute approximate surface area is 204 Å². The van der Waals surface area contributed by atoms with Gasteiger partial charge in [0.05, 0.1) is 18.5 Å². The molecule has 0 aliphatic carbocycles. The summed E-state index contributed by atoms with van der Waals surface area (Å²) in [5, 5.41) is 6.50. The largest absolute Gasteiger partial charge is 0.497 e. The Morgan fingerprint density at radius 3 is 2.71 bits per heavy atom. The molecule has 35 heavy (non-hydrogen) atoms. The van der Waals surface area contributed by atoms with Gasteiger partial charge >= 0.3 is 0 Å². The van der Waals surface area contributed by atoms with Gasteiger partial charge in [-0.15, -0.1) is 0 Å².